The first-order valence-electron chi connectivity index (χ1n) is 9.50. The van der Waals surface area contributed by atoms with E-state index in [4.69, 9.17) is 14.6 Å². The van der Waals surface area contributed by atoms with E-state index in [1.807, 2.05) is 18.2 Å². The molecule has 2 unspecified atom stereocenters. The van der Waals surface area contributed by atoms with Crippen LogP contribution in [-0.2, 0) is 20.8 Å². The van der Waals surface area contributed by atoms with Crippen LogP contribution in [0.15, 0.2) is 48.5 Å². The lowest BCUT2D eigenvalue weighted by Gasteiger charge is -2.23. The van der Waals surface area contributed by atoms with Crippen molar-refractivity contribution in [2.45, 2.75) is 19.4 Å². The third-order valence-electron chi connectivity index (χ3n) is 4.71. The zero-order valence-corrected chi connectivity index (χ0v) is 17.3. The number of aliphatic carboxylic acids is 1. The predicted molar refractivity (Wildman–Crippen MR) is 113 cm³/mol. The number of carboxylic acid groups (broad SMARTS) is 1. The number of rotatable bonds is 10. The smallest absolute Gasteiger partial charge is 0.317 e. The molecule has 30 heavy (non-hydrogen) atoms. The van der Waals surface area contributed by atoms with Gasteiger partial charge in [-0.1, -0.05) is 54.2 Å². The molecule has 7 nitrogen and oxygen atoms in total. The van der Waals surface area contributed by atoms with Crippen molar-refractivity contribution in [2.75, 3.05) is 19.1 Å². The highest BCUT2D eigenvalue weighted by atomic mass is 32.2. The predicted octanol–water partition coefficient (Wildman–Crippen LogP) is 2.84. The fourth-order valence-electron chi connectivity index (χ4n) is 3.33. The topological polar surface area (TPSA) is 102 Å². The molecule has 8 heteroatoms. The largest absolute Gasteiger partial charge is 0.480 e. The lowest BCUT2D eigenvalue weighted by molar-refractivity contribution is -0.136. The van der Waals surface area contributed by atoms with Crippen LogP contribution in [0.25, 0.3) is 0 Å². The average Bonchev–Trinajstić information content (AvgIpc) is 3.21. The maximum absolute atomic E-state index is 13.5. The number of benzene rings is 2. The first-order valence-corrected chi connectivity index (χ1v) is 10.5. The lowest BCUT2D eigenvalue weighted by Crippen LogP contribution is -2.37. The van der Waals surface area contributed by atoms with E-state index in [2.05, 4.69) is 5.32 Å². The minimum Gasteiger partial charge on any atom is -0.480 e. The number of nitrogens with one attached hydrogen (secondary N) is 1. The van der Waals surface area contributed by atoms with Gasteiger partial charge in [0.1, 0.15) is 0 Å². The Bertz CT molecular complexity index is 917. The molecule has 1 heterocycles. The Morgan fingerprint density at radius 3 is 2.57 bits per heavy atom. The maximum Gasteiger partial charge on any atom is 0.317 e. The van der Waals surface area contributed by atoms with E-state index in [0.29, 0.717) is 23.5 Å². The van der Waals surface area contributed by atoms with E-state index in [0.717, 1.165) is 17.3 Å². The number of para-hydroxylation sites is 1. The molecular weight excluding hydrogens is 406 g/mol. The first-order chi connectivity index (χ1) is 14.5. The second-order valence-electron chi connectivity index (χ2n) is 6.88. The third kappa shape index (κ3) is 5.61. The zero-order chi connectivity index (χ0) is 21.5. The van der Waals surface area contributed by atoms with Crippen LogP contribution < -0.4 is 14.8 Å². The van der Waals surface area contributed by atoms with Gasteiger partial charge in [0.25, 0.3) is 0 Å². The lowest BCUT2D eigenvalue weighted by atomic mass is 9.89. The summed E-state index contributed by atoms with van der Waals surface area (Å²) >= 11 is 1.08. The fraction of sp³-hybridized carbons (Fsp3) is 0.318. The van der Waals surface area contributed by atoms with Gasteiger partial charge in [-0.3, -0.25) is 19.7 Å². The average molecular weight is 429 g/mol. The van der Waals surface area contributed by atoms with Crippen molar-refractivity contribution < 1.29 is 29.0 Å². The highest BCUT2D eigenvalue weighted by Crippen LogP contribution is 2.37. The number of ketones is 1. The van der Waals surface area contributed by atoms with E-state index in [1.165, 1.54) is 6.92 Å². The molecule has 1 aliphatic rings. The second-order valence-corrected chi connectivity index (χ2v) is 8.07. The van der Waals surface area contributed by atoms with Gasteiger partial charge in [0, 0.05) is 18.6 Å². The summed E-state index contributed by atoms with van der Waals surface area (Å²) in [7, 11) is 0. The number of ether oxygens (including phenoxy) is 2. The maximum atomic E-state index is 13.5. The Kier molecular flexibility index (Phi) is 7.48. The Hall–Kier alpha value is -2.84. The Morgan fingerprint density at radius 2 is 1.87 bits per heavy atom. The van der Waals surface area contributed by atoms with Gasteiger partial charge >= 0.3 is 5.97 Å². The van der Waals surface area contributed by atoms with E-state index < -0.39 is 17.9 Å². The van der Waals surface area contributed by atoms with E-state index in [-0.39, 0.29) is 30.0 Å². The number of carbonyl (C=O) groups is 3. The van der Waals surface area contributed by atoms with E-state index in [9.17, 15) is 14.4 Å². The minimum absolute atomic E-state index is 0.0829. The van der Waals surface area contributed by atoms with E-state index >= 15 is 0 Å². The molecule has 2 atom stereocenters. The van der Waals surface area contributed by atoms with Gasteiger partial charge in [-0.15, -0.1) is 0 Å². The summed E-state index contributed by atoms with van der Waals surface area (Å²) in [6.45, 7) is 1.23. The van der Waals surface area contributed by atoms with Crippen molar-refractivity contribution in [1.82, 2.24) is 5.32 Å². The summed E-state index contributed by atoms with van der Waals surface area (Å²) in [5.74, 6) is -0.227. The van der Waals surface area contributed by atoms with Gasteiger partial charge in [-0.2, -0.15) is 0 Å². The molecule has 158 valence electrons. The van der Waals surface area contributed by atoms with Crippen LogP contribution in [0.1, 0.15) is 24.1 Å². The zero-order valence-electron chi connectivity index (χ0n) is 16.5. The van der Waals surface area contributed by atoms with Crippen molar-refractivity contribution in [3.63, 3.8) is 0 Å². The highest BCUT2D eigenvalue weighted by molar-refractivity contribution is 8.13. The normalized spacial score (nSPS) is 14.2. The van der Waals surface area contributed by atoms with Crippen LogP contribution in [0.4, 0.5) is 0 Å². The monoisotopic (exact) mass is 429 g/mol. The number of carboxylic acids is 1. The number of hydrogen-bond donors (Lipinski definition) is 2. The van der Waals surface area contributed by atoms with Crippen molar-refractivity contribution in [3.8, 4) is 11.5 Å². The number of Topliss-reactive ketones (excluding diaryl/α,β-unsaturated/α-hetero) is 1. The summed E-state index contributed by atoms with van der Waals surface area (Å²) in [5, 5.41) is 11.9. The van der Waals surface area contributed by atoms with Crippen LogP contribution in [0.2, 0.25) is 0 Å². The summed E-state index contributed by atoms with van der Waals surface area (Å²) < 4.78 is 11.0. The number of fused-ring (bicyclic) bond motifs is 1. The van der Waals surface area contributed by atoms with Crippen molar-refractivity contribution >= 4 is 28.6 Å². The molecular formula is C22H23NO6S. The number of thioether (sulfide) groups is 1. The molecule has 2 N–H and O–H groups in total. The Balaban J connectivity index is 1.88. The minimum atomic E-state index is -1.05. The van der Waals surface area contributed by atoms with Gasteiger partial charge < -0.3 is 14.6 Å². The summed E-state index contributed by atoms with van der Waals surface area (Å²) in [6.07, 6.45) is 0.351. The molecule has 0 saturated carbocycles. The van der Waals surface area contributed by atoms with Gasteiger partial charge in [0.15, 0.2) is 22.4 Å². The van der Waals surface area contributed by atoms with Crippen molar-refractivity contribution in [2.24, 2.45) is 5.92 Å². The Morgan fingerprint density at radius 1 is 1.10 bits per heavy atom. The molecule has 2 aromatic carbocycles. The van der Waals surface area contributed by atoms with E-state index in [1.54, 1.807) is 30.3 Å². The molecule has 1 aliphatic heterocycles. The van der Waals surface area contributed by atoms with Gasteiger partial charge in [0.05, 0.1) is 12.6 Å². The SMILES string of the molecule is CC(=O)SCC(Cc1cccc2c1OCO2)C(=O)C(NCC(=O)O)c1ccccc1. The third-order valence-corrected chi connectivity index (χ3v) is 5.69. The van der Waals surface area contributed by atoms with Crippen molar-refractivity contribution in [3.05, 3.63) is 59.7 Å². The molecule has 0 spiro atoms. The van der Waals surface area contributed by atoms with Crippen LogP contribution in [-0.4, -0.2) is 41.1 Å². The molecule has 0 bridgehead atoms. The first kappa shape index (κ1) is 21.9. The number of carbonyl (C=O) groups excluding carboxylic acids is 2. The standard InChI is InChI=1S/C22H23NO6S/c1-14(24)30-12-17(10-16-8-5-9-18-22(16)29-13-28-18)21(27)20(23-11-19(25)26)15-6-3-2-4-7-15/h2-9,17,20,23H,10-13H2,1H3,(H,25,26). The molecule has 0 amide bonds. The van der Waals surface area contributed by atoms with Crippen molar-refractivity contribution in [1.29, 1.82) is 0 Å². The number of hydrogen-bond acceptors (Lipinski definition) is 7. The summed E-state index contributed by atoms with van der Waals surface area (Å²) in [6, 6.07) is 13.7. The molecule has 0 aromatic heterocycles. The second kappa shape index (κ2) is 10.3. The molecule has 2 aromatic rings. The van der Waals surface area contributed by atoms with Gasteiger partial charge in [-0.05, 0) is 23.6 Å². The molecule has 0 aliphatic carbocycles. The molecule has 0 fully saturated rings. The molecule has 3 rings (SSSR count). The molecule has 0 radical (unpaired) electrons. The fourth-order valence-corrected chi connectivity index (χ4v) is 4.05. The summed E-state index contributed by atoms with van der Waals surface area (Å²) in [5.41, 5.74) is 1.50. The molecule has 0 saturated heterocycles. The van der Waals surface area contributed by atoms with Crippen LogP contribution in [0, 0.1) is 5.92 Å². The van der Waals surface area contributed by atoms with Crippen LogP contribution in [0.3, 0.4) is 0 Å². The van der Waals surface area contributed by atoms with Crippen LogP contribution in [0.5, 0.6) is 11.5 Å². The Labute approximate surface area is 178 Å². The van der Waals surface area contributed by atoms with Crippen LogP contribution >= 0.6 is 11.8 Å². The van der Waals surface area contributed by atoms with Gasteiger partial charge in [-0.25, -0.2) is 0 Å². The summed E-state index contributed by atoms with van der Waals surface area (Å²) in [4.78, 5) is 36.2. The highest BCUT2D eigenvalue weighted by Gasteiger charge is 2.31. The quantitative estimate of drug-likeness (QED) is 0.595. The van der Waals surface area contributed by atoms with Gasteiger partial charge in [0.2, 0.25) is 6.79 Å².